The molecule has 1 unspecified atom stereocenters. The number of ketones is 1. The Morgan fingerprint density at radius 2 is 1.45 bits per heavy atom. The molecule has 1 amide bonds. The van der Waals surface area contributed by atoms with Crippen molar-refractivity contribution < 1.29 is 24.2 Å². The van der Waals surface area contributed by atoms with Crippen LogP contribution in [0, 0.1) is 0 Å². The third kappa shape index (κ3) is 5.15. The molecule has 6 nitrogen and oxygen atoms in total. The Morgan fingerprint density at radius 3 is 2.13 bits per heavy atom. The maximum atomic E-state index is 13.4. The maximum absolute atomic E-state index is 13.4. The lowest BCUT2D eigenvalue weighted by molar-refractivity contribution is -0.139. The van der Waals surface area contributed by atoms with Crippen LogP contribution in [-0.4, -0.2) is 35.4 Å². The third-order valence-electron chi connectivity index (χ3n) is 6.54. The lowest BCUT2D eigenvalue weighted by atomic mass is 9.95. The standard InChI is InChI=1S/C32H27NO5/c1-37-25-17-15-23(16-18-25)30(34)28-29(24-11-8-14-27(21-24)38-26-12-6-3-7-13-26)33(32(36)31(28)35)20-19-22-9-4-2-5-10-22/h2-18,21,29,34H,19-20H2,1H3/b30-28+. The number of carbonyl (C=O) groups is 2. The van der Waals surface area contributed by atoms with E-state index in [4.69, 9.17) is 9.47 Å². The van der Waals surface area contributed by atoms with E-state index in [-0.39, 0.29) is 11.3 Å². The molecule has 4 aromatic carbocycles. The normalized spacial score (nSPS) is 16.4. The van der Waals surface area contributed by atoms with Gasteiger partial charge in [0.25, 0.3) is 11.7 Å². The highest BCUT2D eigenvalue weighted by atomic mass is 16.5. The zero-order chi connectivity index (χ0) is 26.5. The van der Waals surface area contributed by atoms with E-state index in [1.165, 1.54) is 4.90 Å². The molecule has 38 heavy (non-hydrogen) atoms. The molecule has 190 valence electrons. The largest absolute Gasteiger partial charge is 0.507 e. The molecule has 1 atom stereocenters. The molecular weight excluding hydrogens is 478 g/mol. The smallest absolute Gasteiger partial charge is 0.295 e. The van der Waals surface area contributed by atoms with Gasteiger partial charge in [0.05, 0.1) is 18.7 Å². The molecule has 1 aliphatic rings. The van der Waals surface area contributed by atoms with Gasteiger partial charge >= 0.3 is 0 Å². The van der Waals surface area contributed by atoms with Gasteiger partial charge in [-0.2, -0.15) is 0 Å². The van der Waals surface area contributed by atoms with Crippen LogP contribution in [0.3, 0.4) is 0 Å². The zero-order valence-electron chi connectivity index (χ0n) is 20.9. The lowest BCUT2D eigenvalue weighted by Gasteiger charge is -2.26. The first-order chi connectivity index (χ1) is 18.5. The quantitative estimate of drug-likeness (QED) is 0.177. The second-order valence-corrected chi connectivity index (χ2v) is 8.94. The number of aliphatic hydroxyl groups excluding tert-OH is 1. The number of ether oxygens (including phenoxy) is 2. The van der Waals surface area contributed by atoms with Gasteiger partial charge in [0.1, 0.15) is 23.0 Å². The predicted molar refractivity (Wildman–Crippen MR) is 145 cm³/mol. The third-order valence-corrected chi connectivity index (χ3v) is 6.54. The van der Waals surface area contributed by atoms with Crippen molar-refractivity contribution >= 4 is 17.4 Å². The van der Waals surface area contributed by atoms with Gasteiger partial charge in [-0.05, 0) is 66.1 Å². The van der Waals surface area contributed by atoms with Gasteiger partial charge in [-0.3, -0.25) is 9.59 Å². The van der Waals surface area contributed by atoms with E-state index in [9.17, 15) is 14.7 Å². The van der Waals surface area contributed by atoms with Crippen molar-refractivity contribution in [3.8, 4) is 17.2 Å². The Balaban J connectivity index is 1.56. The van der Waals surface area contributed by atoms with Crippen LogP contribution in [0.4, 0.5) is 0 Å². The fraction of sp³-hybridized carbons (Fsp3) is 0.125. The summed E-state index contributed by atoms with van der Waals surface area (Å²) >= 11 is 0. The van der Waals surface area contributed by atoms with Crippen LogP contribution in [0.5, 0.6) is 17.2 Å². The molecular formula is C32H27NO5. The molecule has 1 saturated heterocycles. The highest BCUT2D eigenvalue weighted by Crippen LogP contribution is 2.41. The van der Waals surface area contributed by atoms with Crippen LogP contribution < -0.4 is 9.47 Å². The van der Waals surface area contributed by atoms with Crippen LogP contribution in [0.25, 0.3) is 5.76 Å². The summed E-state index contributed by atoms with van der Waals surface area (Å²) < 4.78 is 11.2. The summed E-state index contributed by atoms with van der Waals surface area (Å²) in [6, 6.07) is 32.4. The van der Waals surface area contributed by atoms with E-state index < -0.39 is 17.7 Å². The van der Waals surface area contributed by atoms with Crippen LogP contribution in [0.15, 0.2) is 115 Å². The number of hydrogen-bond donors (Lipinski definition) is 1. The van der Waals surface area contributed by atoms with Crippen molar-refractivity contribution in [2.45, 2.75) is 12.5 Å². The fourth-order valence-corrected chi connectivity index (χ4v) is 4.63. The van der Waals surface area contributed by atoms with Crippen LogP contribution >= 0.6 is 0 Å². The SMILES string of the molecule is COc1ccc(/C(O)=C2\C(=O)C(=O)N(CCc3ccccc3)C2c2cccc(Oc3ccccc3)c2)cc1. The average molecular weight is 506 g/mol. The Bertz CT molecular complexity index is 1460. The number of para-hydroxylation sites is 1. The number of Topliss-reactive ketones (excluding diaryl/α,β-unsaturated/α-hetero) is 1. The van der Waals surface area contributed by atoms with E-state index in [1.807, 2.05) is 78.9 Å². The number of benzene rings is 4. The number of nitrogens with zero attached hydrogens (tertiary/aromatic N) is 1. The topological polar surface area (TPSA) is 76.1 Å². The average Bonchev–Trinajstić information content (AvgIpc) is 3.22. The van der Waals surface area contributed by atoms with Crippen molar-refractivity contribution in [1.29, 1.82) is 0 Å². The van der Waals surface area contributed by atoms with Crippen LogP contribution in [0.2, 0.25) is 0 Å². The molecule has 1 N–H and O–H groups in total. The van der Waals surface area contributed by atoms with E-state index in [2.05, 4.69) is 0 Å². The van der Waals surface area contributed by atoms with Gasteiger partial charge < -0.3 is 19.5 Å². The van der Waals surface area contributed by atoms with Gasteiger partial charge in [0, 0.05) is 12.1 Å². The Labute approximate surface area is 221 Å². The minimum Gasteiger partial charge on any atom is -0.507 e. The second-order valence-electron chi connectivity index (χ2n) is 8.94. The van der Waals surface area contributed by atoms with Crippen LogP contribution in [-0.2, 0) is 16.0 Å². The van der Waals surface area contributed by atoms with E-state index in [0.29, 0.717) is 41.3 Å². The molecule has 0 aliphatic carbocycles. The number of hydrogen-bond acceptors (Lipinski definition) is 5. The molecule has 0 radical (unpaired) electrons. The predicted octanol–water partition coefficient (Wildman–Crippen LogP) is 6.15. The number of rotatable bonds is 8. The minimum atomic E-state index is -0.778. The number of carbonyl (C=O) groups excluding carboxylic acids is 2. The minimum absolute atomic E-state index is 0.0464. The highest BCUT2D eigenvalue weighted by molar-refractivity contribution is 6.46. The molecule has 4 aromatic rings. The second kappa shape index (κ2) is 11.0. The van der Waals surface area contributed by atoms with Gasteiger partial charge in [0.15, 0.2) is 0 Å². The lowest BCUT2D eigenvalue weighted by Crippen LogP contribution is -2.31. The van der Waals surface area contributed by atoms with Gasteiger partial charge in [0.2, 0.25) is 0 Å². The molecule has 0 bridgehead atoms. The molecule has 0 spiro atoms. The summed E-state index contributed by atoms with van der Waals surface area (Å²) in [6.45, 7) is 0.308. The summed E-state index contributed by atoms with van der Waals surface area (Å²) in [6.07, 6.45) is 0.563. The fourth-order valence-electron chi connectivity index (χ4n) is 4.63. The number of aliphatic hydroxyl groups is 1. The van der Waals surface area contributed by atoms with Crippen molar-refractivity contribution in [1.82, 2.24) is 4.90 Å². The summed E-state index contributed by atoms with van der Waals surface area (Å²) in [5.74, 6) is 0.258. The molecule has 0 saturated carbocycles. The first kappa shape index (κ1) is 24.8. The van der Waals surface area contributed by atoms with Crippen molar-refractivity contribution in [3.63, 3.8) is 0 Å². The van der Waals surface area contributed by atoms with E-state index >= 15 is 0 Å². The Hall–Kier alpha value is -4.84. The van der Waals surface area contributed by atoms with Gasteiger partial charge in [-0.25, -0.2) is 0 Å². The molecule has 1 aliphatic heterocycles. The molecule has 5 rings (SSSR count). The first-order valence-electron chi connectivity index (χ1n) is 12.3. The Morgan fingerprint density at radius 1 is 0.789 bits per heavy atom. The van der Waals surface area contributed by atoms with Gasteiger partial charge in [-0.15, -0.1) is 0 Å². The highest BCUT2D eigenvalue weighted by Gasteiger charge is 2.46. The van der Waals surface area contributed by atoms with Crippen molar-refractivity contribution in [2.24, 2.45) is 0 Å². The van der Waals surface area contributed by atoms with Crippen LogP contribution in [0.1, 0.15) is 22.7 Å². The maximum Gasteiger partial charge on any atom is 0.295 e. The van der Waals surface area contributed by atoms with Crippen molar-refractivity contribution in [2.75, 3.05) is 13.7 Å². The summed E-state index contributed by atoms with van der Waals surface area (Å²) in [5.41, 5.74) is 2.18. The molecule has 6 heteroatoms. The van der Waals surface area contributed by atoms with E-state index in [1.54, 1.807) is 37.4 Å². The van der Waals surface area contributed by atoms with Crippen molar-refractivity contribution in [3.05, 3.63) is 131 Å². The van der Waals surface area contributed by atoms with Gasteiger partial charge in [-0.1, -0.05) is 60.7 Å². The summed E-state index contributed by atoms with van der Waals surface area (Å²) in [5, 5.41) is 11.3. The monoisotopic (exact) mass is 505 g/mol. The molecule has 1 fully saturated rings. The Kier molecular flexibility index (Phi) is 7.22. The molecule has 1 heterocycles. The number of amides is 1. The number of methoxy groups -OCH3 is 1. The zero-order valence-corrected chi connectivity index (χ0v) is 20.9. The summed E-state index contributed by atoms with van der Waals surface area (Å²) in [4.78, 5) is 28.2. The summed E-state index contributed by atoms with van der Waals surface area (Å²) in [7, 11) is 1.55. The van der Waals surface area contributed by atoms with E-state index in [0.717, 1.165) is 5.56 Å². The molecule has 0 aromatic heterocycles. The first-order valence-corrected chi connectivity index (χ1v) is 12.3. The number of likely N-dealkylation sites (tertiary alicyclic amines) is 1.